The molecule has 0 radical (unpaired) electrons. The van der Waals surface area contributed by atoms with Crippen molar-refractivity contribution in [1.29, 1.82) is 0 Å². The summed E-state index contributed by atoms with van der Waals surface area (Å²) in [6.45, 7) is 1.80. The highest BCUT2D eigenvalue weighted by Gasteiger charge is 2.09. The quantitative estimate of drug-likeness (QED) is 0.408. The Hall–Kier alpha value is -1.11. The van der Waals surface area contributed by atoms with Crippen molar-refractivity contribution < 1.29 is 13.5 Å². The fourth-order valence-corrected chi connectivity index (χ4v) is 1.68. The first-order valence-electron chi connectivity index (χ1n) is 6.41. The van der Waals surface area contributed by atoms with E-state index in [1.165, 1.54) is 5.56 Å². The number of nitrogens with one attached hydrogen (secondary N) is 1. The number of nitrogens with two attached hydrogens (primary N) is 1. The zero-order valence-electron chi connectivity index (χ0n) is 11.1. The van der Waals surface area contributed by atoms with Crippen molar-refractivity contribution in [3.63, 3.8) is 0 Å². The van der Waals surface area contributed by atoms with Gasteiger partial charge in [0.2, 0.25) is 0 Å². The zero-order chi connectivity index (χ0) is 14.1. The number of pyridine rings is 1. The third-order valence-corrected chi connectivity index (χ3v) is 2.84. The summed E-state index contributed by atoms with van der Waals surface area (Å²) in [5, 5.41) is 0. The van der Waals surface area contributed by atoms with Crippen molar-refractivity contribution in [1.82, 2.24) is 10.4 Å². The molecular formula is C13H21F2N3O. The Kier molecular flexibility index (Phi) is 7.47. The molecule has 0 bridgehead atoms. The molecule has 1 atom stereocenters. The number of alkyl halides is 2. The minimum Gasteiger partial charge on any atom is -0.375 e. The molecule has 1 aromatic heterocycles. The van der Waals surface area contributed by atoms with E-state index in [1.807, 2.05) is 18.3 Å². The van der Waals surface area contributed by atoms with E-state index in [2.05, 4.69) is 17.3 Å². The third kappa shape index (κ3) is 6.56. The van der Waals surface area contributed by atoms with Gasteiger partial charge in [0.15, 0.2) is 0 Å². The van der Waals surface area contributed by atoms with Crippen LogP contribution in [0.2, 0.25) is 0 Å². The molecule has 19 heavy (non-hydrogen) atoms. The number of hydrazine groups is 1. The number of nitrogens with zero attached hydrogens (tertiary/aromatic N) is 1. The molecule has 0 amide bonds. The van der Waals surface area contributed by atoms with Gasteiger partial charge in [0.25, 0.3) is 6.43 Å². The summed E-state index contributed by atoms with van der Waals surface area (Å²) in [5.74, 6) is 5.44. The standard InChI is InChI=1S/C13H21F2N3O/c1-2-10-3-4-11(17-8-10)7-12(18-16)5-6-19-9-13(14)15/h3-4,8,12-13,18H,2,5-7,9,16H2,1H3. The Bertz CT molecular complexity index is 346. The van der Waals surface area contributed by atoms with Gasteiger partial charge in [0.1, 0.15) is 6.61 Å². The van der Waals surface area contributed by atoms with Gasteiger partial charge in [-0.1, -0.05) is 13.0 Å². The van der Waals surface area contributed by atoms with Crippen molar-refractivity contribution in [2.45, 2.75) is 38.7 Å². The average Bonchev–Trinajstić information content (AvgIpc) is 2.42. The molecule has 108 valence electrons. The van der Waals surface area contributed by atoms with Crippen LogP contribution in [0.5, 0.6) is 0 Å². The lowest BCUT2D eigenvalue weighted by molar-refractivity contribution is 0.0144. The maximum atomic E-state index is 11.9. The van der Waals surface area contributed by atoms with Crippen LogP contribution < -0.4 is 11.3 Å². The average molecular weight is 273 g/mol. The number of aromatic nitrogens is 1. The highest BCUT2D eigenvalue weighted by Crippen LogP contribution is 2.06. The second-order valence-corrected chi connectivity index (χ2v) is 4.33. The van der Waals surface area contributed by atoms with E-state index >= 15 is 0 Å². The summed E-state index contributed by atoms with van der Waals surface area (Å²) < 4.78 is 28.6. The fourth-order valence-electron chi connectivity index (χ4n) is 1.68. The number of rotatable bonds is 9. The largest absolute Gasteiger partial charge is 0.375 e. The lowest BCUT2D eigenvalue weighted by atomic mass is 10.1. The Balaban J connectivity index is 2.34. The first-order valence-corrected chi connectivity index (χ1v) is 6.41. The molecule has 0 spiro atoms. The predicted molar refractivity (Wildman–Crippen MR) is 69.9 cm³/mol. The van der Waals surface area contributed by atoms with Crippen LogP contribution in [0.15, 0.2) is 18.3 Å². The molecule has 0 fully saturated rings. The van der Waals surface area contributed by atoms with Crippen LogP contribution in [0.4, 0.5) is 8.78 Å². The molecule has 1 unspecified atom stereocenters. The van der Waals surface area contributed by atoms with Crippen molar-refractivity contribution in [2.75, 3.05) is 13.2 Å². The number of hydrogen-bond acceptors (Lipinski definition) is 4. The van der Waals surface area contributed by atoms with Crippen LogP contribution >= 0.6 is 0 Å². The molecule has 0 saturated carbocycles. The van der Waals surface area contributed by atoms with Crippen LogP contribution in [-0.2, 0) is 17.6 Å². The molecule has 0 aliphatic rings. The number of halogens is 2. The molecule has 1 rings (SSSR count). The number of aryl methyl sites for hydroxylation is 1. The summed E-state index contributed by atoms with van der Waals surface area (Å²) in [6, 6.07) is 3.96. The minimum atomic E-state index is -2.42. The lowest BCUT2D eigenvalue weighted by Crippen LogP contribution is -2.38. The van der Waals surface area contributed by atoms with Gasteiger partial charge in [-0.05, 0) is 24.5 Å². The molecule has 3 N–H and O–H groups in total. The minimum absolute atomic E-state index is 0.0300. The van der Waals surface area contributed by atoms with Gasteiger partial charge in [-0.25, -0.2) is 8.78 Å². The second kappa shape index (κ2) is 8.90. The predicted octanol–water partition coefficient (Wildman–Crippen LogP) is 1.69. The summed E-state index contributed by atoms with van der Waals surface area (Å²) in [6.07, 6.45) is 1.59. The van der Waals surface area contributed by atoms with Gasteiger partial charge in [-0.15, -0.1) is 0 Å². The van der Waals surface area contributed by atoms with E-state index in [0.29, 0.717) is 12.8 Å². The Morgan fingerprint density at radius 3 is 2.74 bits per heavy atom. The normalized spacial score (nSPS) is 12.9. The topological polar surface area (TPSA) is 60.2 Å². The van der Waals surface area contributed by atoms with Gasteiger partial charge in [0, 0.05) is 31.0 Å². The van der Waals surface area contributed by atoms with Crippen molar-refractivity contribution >= 4 is 0 Å². The van der Waals surface area contributed by atoms with E-state index in [0.717, 1.165) is 12.1 Å². The lowest BCUT2D eigenvalue weighted by Gasteiger charge is -2.15. The van der Waals surface area contributed by atoms with Gasteiger partial charge in [-0.3, -0.25) is 16.3 Å². The van der Waals surface area contributed by atoms with E-state index in [4.69, 9.17) is 10.6 Å². The van der Waals surface area contributed by atoms with Crippen molar-refractivity contribution in [3.8, 4) is 0 Å². The number of hydrogen-bond donors (Lipinski definition) is 2. The van der Waals surface area contributed by atoms with E-state index in [9.17, 15) is 8.78 Å². The molecule has 1 aromatic rings. The van der Waals surface area contributed by atoms with Gasteiger partial charge in [0.05, 0.1) is 0 Å². The smallest absolute Gasteiger partial charge is 0.261 e. The Morgan fingerprint density at radius 1 is 1.42 bits per heavy atom. The molecule has 0 aliphatic heterocycles. The Morgan fingerprint density at radius 2 is 2.21 bits per heavy atom. The van der Waals surface area contributed by atoms with Crippen LogP contribution in [0.3, 0.4) is 0 Å². The van der Waals surface area contributed by atoms with E-state index in [1.54, 1.807) is 0 Å². The van der Waals surface area contributed by atoms with Crippen LogP contribution in [0, 0.1) is 0 Å². The highest BCUT2D eigenvalue weighted by molar-refractivity contribution is 5.14. The van der Waals surface area contributed by atoms with E-state index in [-0.39, 0.29) is 12.6 Å². The highest BCUT2D eigenvalue weighted by atomic mass is 19.3. The van der Waals surface area contributed by atoms with Gasteiger partial charge >= 0.3 is 0 Å². The first-order chi connectivity index (χ1) is 9.15. The van der Waals surface area contributed by atoms with E-state index < -0.39 is 13.0 Å². The SMILES string of the molecule is CCc1ccc(CC(CCOCC(F)F)NN)nc1. The summed E-state index contributed by atoms with van der Waals surface area (Å²) in [7, 11) is 0. The molecule has 0 aliphatic carbocycles. The molecule has 0 saturated heterocycles. The summed E-state index contributed by atoms with van der Waals surface area (Å²) in [4.78, 5) is 4.34. The maximum absolute atomic E-state index is 11.9. The van der Waals surface area contributed by atoms with Gasteiger partial charge in [-0.2, -0.15) is 0 Å². The Labute approximate surface area is 112 Å². The van der Waals surface area contributed by atoms with Crippen molar-refractivity contribution in [3.05, 3.63) is 29.6 Å². The first kappa shape index (κ1) is 15.9. The molecule has 6 heteroatoms. The second-order valence-electron chi connectivity index (χ2n) is 4.33. The van der Waals surface area contributed by atoms with Crippen molar-refractivity contribution in [2.24, 2.45) is 5.84 Å². The fraction of sp³-hybridized carbons (Fsp3) is 0.615. The van der Waals surface area contributed by atoms with Gasteiger partial charge < -0.3 is 4.74 Å². The monoisotopic (exact) mass is 273 g/mol. The van der Waals surface area contributed by atoms with Crippen LogP contribution in [0.25, 0.3) is 0 Å². The third-order valence-electron chi connectivity index (χ3n) is 2.84. The molecule has 1 heterocycles. The summed E-state index contributed by atoms with van der Waals surface area (Å²) in [5.41, 5.74) is 4.77. The van der Waals surface area contributed by atoms with Crippen LogP contribution in [0.1, 0.15) is 24.6 Å². The maximum Gasteiger partial charge on any atom is 0.261 e. The summed E-state index contributed by atoms with van der Waals surface area (Å²) >= 11 is 0. The molecular weight excluding hydrogens is 252 g/mol. The molecule has 4 nitrogen and oxygen atoms in total. The zero-order valence-corrected chi connectivity index (χ0v) is 11.1. The molecule has 0 aromatic carbocycles. The van der Waals surface area contributed by atoms with Crippen LogP contribution in [-0.4, -0.2) is 30.7 Å². The number of ether oxygens (including phenoxy) is 1.